The zero-order valence-electron chi connectivity index (χ0n) is 12.7. The molecule has 3 atom stereocenters. The molecule has 0 spiro atoms. The van der Waals surface area contributed by atoms with Gasteiger partial charge in [-0.2, -0.15) is 0 Å². The van der Waals surface area contributed by atoms with Gasteiger partial charge in [-0.1, -0.05) is 34.7 Å². The summed E-state index contributed by atoms with van der Waals surface area (Å²) in [5.41, 5.74) is 1.32. The molecule has 1 heterocycles. The van der Waals surface area contributed by atoms with Crippen molar-refractivity contribution in [1.82, 2.24) is 0 Å². The number of rotatable bonds is 3. The van der Waals surface area contributed by atoms with Crippen LogP contribution in [0.3, 0.4) is 0 Å². The van der Waals surface area contributed by atoms with Crippen LogP contribution in [-0.2, 0) is 16.2 Å². The van der Waals surface area contributed by atoms with Gasteiger partial charge in [0.15, 0.2) is 11.6 Å². The van der Waals surface area contributed by atoms with Gasteiger partial charge in [0.25, 0.3) is 0 Å². The predicted octanol–water partition coefficient (Wildman–Crippen LogP) is 3.22. The standard InChI is InChI=1S/C18H17BrO4/c1-3-11-4-6-13-17(22)10(2)8-15(21)18(13,19)16(11)14-7-5-12(9-20)23-14/h3-5,7-8,13,16,20H,1,6,9H2,2H3. The lowest BCUT2D eigenvalue weighted by Crippen LogP contribution is -2.52. The highest BCUT2D eigenvalue weighted by Crippen LogP contribution is 2.54. The first-order chi connectivity index (χ1) is 10.9. The van der Waals surface area contributed by atoms with Gasteiger partial charge in [0.05, 0.1) is 5.92 Å². The van der Waals surface area contributed by atoms with E-state index in [0.717, 1.165) is 5.57 Å². The molecule has 0 saturated heterocycles. The Kier molecular flexibility index (Phi) is 4.02. The number of carbonyl (C=O) groups is 2. The topological polar surface area (TPSA) is 67.5 Å². The SMILES string of the molecule is C=CC1=CCC2C(=O)C(C)=CC(=O)C2(Br)C1c1ccc(CO)o1. The summed E-state index contributed by atoms with van der Waals surface area (Å²) in [5.74, 6) is -0.145. The van der Waals surface area contributed by atoms with Crippen molar-refractivity contribution in [1.29, 1.82) is 0 Å². The minimum absolute atomic E-state index is 0.0280. The van der Waals surface area contributed by atoms with Crippen molar-refractivity contribution in [2.75, 3.05) is 0 Å². The fraction of sp³-hybridized carbons (Fsp3) is 0.333. The van der Waals surface area contributed by atoms with Gasteiger partial charge < -0.3 is 9.52 Å². The number of alkyl halides is 1. The molecule has 1 N–H and O–H groups in total. The molecular formula is C18H17BrO4. The lowest BCUT2D eigenvalue weighted by Gasteiger charge is -2.44. The average molecular weight is 377 g/mol. The van der Waals surface area contributed by atoms with E-state index in [2.05, 4.69) is 22.5 Å². The van der Waals surface area contributed by atoms with Crippen molar-refractivity contribution >= 4 is 27.5 Å². The molecule has 0 radical (unpaired) electrons. The lowest BCUT2D eigenvalue weighted by atomic mass is 9.64. The van der Waals surface area contributed by atoms with Crippen LogP contribution in [0.15, 0.2) is 52.5 Å². The molecule has 0 saturated carbocycles. The van der Waals surface area contributed by atoms with Crippen molar-refractivity contribution in [2.24, 2.45) is 5.92 Å². The minimum atomic E-state index is -1.08. The number of halogens is 1. The maximum atomic E-state index is 12.8. The fourth-order valence-electron chi connectivity index (χ4n) is 3.46. The largest absolute Gasteiger partial charge is 0.463 e. The predicted molar refractivity (Wildman–Crippen MR) is 89.2 cm³/mol. The Morgan fingerprint density at radius 2 is 2.22 bits per heavy atom. The first-order valence-corrected chi connectivity index (χ1v) is 8.20. The molecule has 4 nitrogen and oxygen atoms in total. The number of aliphatic hydroxyl groups excluding tert-OH is 1. The number of aliphatic hydroxyl groups is 1. The van der Waals surface area contributed by atoms with Crippen LogP contribution in [0.5, 0.6) is 0 Å². The Bertz CT molecular complexity index is 755. The van der Waals surface area contributed by atoms with Crippen LogP contribution in [0.4, 0.5) is 0 Å². The molecule has 0 fully saturated rings. The van der Waals surface area contributed by atoms with E-state index in [0.29, 0.717) is 23.5 Å². The van der Waals surface area contributed by atoms with Gasteiger partial charge in [-0.25, -0.2) is 0 Å². The third-order valence-electron chi connectivity index (χ3n) is 4.64. The van der Waals surface area contributed by atoms with E-state index in [1.54, 1.807) is 25.1 Å². The Hall–Kier alpha value is -1.72. The minimum Gasteiger partial charge on any atom is -0.463 e. The zero-order valence-corrected chi connectivity index (χ0v) is 14.3. The number of fused-ring (bicyclic) bond motifs is 1. The Labute approximate surface area is 142 Å². The van der Waals surface area contributed by atoms with Gasteiger partial charge in [-0.3, -0.25) is 9.59 Å². The third kappa shape index (κ3) is 2.30. The van der Waals surface area contributed by atoms with Gasteiger partial charge in [0, 0.05) is 5.92 Å². The van der Waals surface area contributed by atoms with Gasteiger partial charge >= 0.3 is 0 Å². The molecule has 120 valence electrons. The maximum Gasteiger partial charge on any atom is 0.174 e. The van der Waals surface area contributed by atoms with E-state index < -0.39 is 16.2 Å². The van der Waals surface area contributed by atoms with E-state index in [-0.39, 0.29) is 18.2 Å². The summed E-state index contributed by atoms with van der Waals surface area (Å²) in [6.07, 6.45) is 5.51. The summed E-state index contributed by atoms with van der Waals surface area (Å²) in [5, 5.41) is 9.23. The van der Waals surface area contributed by atoms with Gasteiger partial charge in [-0.15, -0.1) is 0 Å². The van der Waals surface area contributed by atoms with Gasteiger partial charge in [0.1, 0.15) is 22.5 Å². The van der Waals surface area contributed by atoms with Gasteiger partial charge in [-0.05, 0) is 42.7 Å². The van der Waals surface area contributed by atoms with E-state index >= 15 is 0 Å². The molecule has 23 heavy (non-hydrogen) atoms. The number of Topliss-reactive ketones (excluding diaryl/α,β-unsaturated/α-hetero) is 1. The number of hydrogen-bond donors (Lipinski definition) is 1. The second-order valence-corrected chi connectivity index (χ2v) is 7.23. The molecule has 2 aliphatic rings. The summed E-state index contributed by atoms with van der Waals surface area (Å²) < 4.78 is 4.60. The van der Waals surface area contributed by atoms with Crippen LogP contribution < -0.4 is 0 Å². The second kappa shape index (κ2) is 5.73. The average Bonchev–Trinajstić information content (AvgIpc) is 3.00. The number of carbonyl (C=O) groups excluding carboxylic acids is 2. The Morgan fingerprint density at radius 1 is 1.48 bits per heavy atom. The zero-order chi connectivity index (χ0) is 16.8. The first kappa shape index (κ1) is 16.1. The van der Waals surface area contributed by atoms with Crippen molar-refractivity contribution in [3.8, 4) is 0 Å². The molecule has 3 rings (SSSR count). The highest BCUT2D eigenvalue weighted by molar-refractivity contribution is 9.10. The summed E-state index contributed by atoms with van der Waals surface area (Å²) >= 11 is 3.60. The quantitative estimate of drug-likeness (QED) is 0.822. The molecule has 0 amide bonds. The summed E-state index contributed by atoms with van der Waals surface area (Å²) in [6, 6.07) is 3.41. The maximum absolute atomic E-state index is 12.8. The van der Waals surface area contributed by atoms with Crippen LogP contribution in [0.2, 0.25) is 0 Å². The van der Waals surface area contributed by atoms with E-state index in [1.807, 2.05) is 6.08 Å². The molecule has 3 unspecified atom stereocenters. The van der Waals surface area contributed by atoms with E-state index in [9.17, 15) is 14.7 Å². The van der Waals surface area contributed by atoms with E-state index in [4.69, 9.17) is 4.42 Å². The fourth-order valence-corrected chi connectivity index (χ4v) is 4.46. The van der Waals surface area contributed by atoms with Crippen LogP contribution in [-0.4, -0.2) is 21.0 Å². The molecule has 0 aliphatic heterocycles. The monoisotopic (exact) mass is 376 g/mol. The number of hydrogen-bond acceptors (Lipinski definition) is 4. The second-order valence-electron chi connectivity index (χ2n) is 5.92. The number of ketones is 2. The van der Waals surface area contributed by atoms with Crippen LogP contribution in [0, 0.1) is 5.92 Å². The Morgan fingerprint density at radius 3 is 2.83 bits per heavy atom. The van der Waals surface area contributed by atoms with Crippen molar-refractivity contribution in [3.63, 3.8) is 0 Å². The normalized spacial score (nSPS) is 30.6. The highest BCUT2D eigenvalue weighted by atomic mass is 79.9. The van der Waals surface area contributed by atoms with Crippen LogP contribution >= 0.6 is 15.9 Å². The third-order valence-corrected chi connectivity index (χ3v) is 6.04. The van der Waals surface area contributed by atoms with Crippen molar-refractivity contribution in [3.05, 3.63) is 59.6 Å². The summed E-state index contributed by atoms with van der Waals surface area (Å²) in [6.45, 7) is 5.28. The Balaban J connectivity index is 2.19. The molecule has 0 bridgehead atoms. The van der Waals surface area contributed by atoms with Gasteiger partial charge in [0.2, 0.25) is 0 Å². The van der Waals surface area contributed by atoms with Crippen LogP contribution in [0.1, 0.15) is 30.8 Å². The highest BCUT2D eigenvalue weighted by Gasteiger charge is 2.57. The number of furan rings is 1. The molecule has 1 aromatic heterocycles. The molecule has 5 heteroatoms. The lowest BCUT2D eigenvalue weighted by molar-refractivity contribution is -0.128. The molecular weight excluding hydrogens is 360 g/mol. The molecule has 0 aromatic carbocycles. The summed E-state index contributed by atoms with van der Waals surface area (Å²) in [7, 11) is 0. The van der Waals surface area contributed by atoms with Crippen molar-refractivity contribution in [2.45, 2.75) is 30.2 Å². The van der Waals surface area contributed by atoms with Crippen LogP contribution in [0.25, 0.3) is 0 Å². The smallest absolute Gasteiger partial charge is 0.174 e. The van der Waals surface area contributed by atoms with Crippen molar-refractivity contribution < 1.29 is 19.1 Å². The molecule has 1 aromatic rings. The summed E-state index contributed by atoms with van der Waals surface area (Å²) in [4.78, 5) is 25.4. The van der Waals surface area contributed by atoms with E-state index in [1.165, 1.54) is 6.08 Å². The molecule has 2 aliphatic carbocycles. The first-order valence-electron chi connectivity index (χ1n) is 7.41. The number of allylic oxidation sites excluding steroid dienone is 5.